The lowest BCUT2D eigenvalue weighted by Crippen LogP contribution is -2.23. The summed E-state index contributed by atoms with van der Waals surface area (Å²) in [5.41, 5.74) is 2.70. The van der Waals surface area contributed by atoms with Crippen LogP contribution in [0.15, 0.2) is 24.3 Å². The Bertz CT molecular complexity index is 415. The summed E-state index contributed by atoms with van der Waals surface area (Å²) in [7, 11) is 2.23. The first-order valence-electron chi connectivity index (χ1n) is 8.47. The van der Waals surface area contributed by atoms with Crippen molar-refractivity contribution >= 4 is 5.69 Å². The highest BCUT2D eigenvalue weighted by molar-refractivity contribution is 5.46. The van der Waals surface area contributed by atoms with Gasteiger partial charge in [0.1, 0.15) is 0 Å². The number of likely N-dealkylation sites (tertiary alicyclic amines) is 1. The van der Waals surface area contributed by atoms with Crippen molar-refractivity contribution in [3.05, 3.63) is 29.8 Å². The molecule has 1 aliphatic heterocycles. The summed E-state index contributed by atoms with van der Waals surface area (Å²) in [5, 5.41) is 3.75. The second-order valence-electron chi connectivity index (χ2n) is 6.24. The smallest absolute Gasteiger partial charge is 0.0345 e. The van der Waals surface area contributed by atoms with Crippen LogP contribution in [0, 0.1) is 0 Å². The van der Waals surface area contributed by atoms with Crippen LogP contribution in [0.5, 0.6) is 0 Å². The highest BCUT2D eigenvalue weighted by Gasteiger charge is 2.14. The van der Waals surface area contributed by atoms with Gasteiger partial charge >= 0.3 is 0 Å². The molecule has 1 aromatic carbocycles. The van der Waals surface area contributed by atoms with E-state index < -0.39 is 0 Å². The van der Waals surface area contributed by atoms with Gasteiger partial charge in [-0.15, -0.1) is 0 Å². The second kappa shape index (κ2) is 8.40. The van der Waals surface area contributed by atoms with Crippen LogP contribution in [-0.4, -0.2) is 49.1 Å². The molecule has 0 bridgehead atoms. The van der Waals surface area contributed by atoms with E-state index in [0.717, 1.165) is 19.6 Å². The summed E-state index contributed by atoms with van der Waals surface area (Å²) < 4.78 is 0. The van der Waals surface area contributed by atoms with Crippen LogP contribution in [0.25, 0.3) is 0 Å². The predicted octanol–water partition coefficient (Wildman–Crippen LogP) is 3.42. The Kier molecular flexibility index (Phi) is 6.52. The highest BCUT2D eigenvalue weighted by Crippen LogP contribution is 2.18. The Morgan fingerprint density at radius 3 is 2.76 bits per heavy atom. The number of nitrogens with zero attached hydrogens (tertiary/aromatic N) is 2. The van der Waals surface area contributed by atoms with Gasteiger partial charge in [0.05, 0.1) is 0 Å². The van der Waals surface area contributed by atoms with Gasteiger partial charge in [-0.25, -0.2) is 0 Å². The molecule has 1 aromatic rings. The van der Waals surface area contributed by atoms with Gasteiger partial charge in [-0.05, 0) is 70.2 Å². The molecule has 21 heavy (non-hydrogen) atoms. The zero-order chi connectivity index (χ0) is 15.1. The van der Waals surface area contributed by atoms with Gasteiger partial charge in [-0.1, -0.05) is 26.0 Å². The molecule has 1 aliphatic rings. The van der Waals surface area contributed by atoms with Crippen molar-refractivity contribution in [1.82, 2.24) is 9.80 Å². The molecule has 0 amide bonds. The Morgan fingerprint density at radius 2 is 2.00 bits per heavy atom. The molecule has 0 radical (unpaired) electrons. The van der Waals surface area contributed by atoms with E-state index in [2.05, 4.69) is 60.3 Å². The van der Waals surface area contributed by atoms with Crippen LogP contribution in [0.2, 0.25) is 0 Å². The van der Waals surface area contributed by atoms with Crippen molar-refractivity contribution in [2.24, 2.45) is 0 Å². The van der Waals surface area contributed by atoms with Crippen LogP contribution in [0.3, 0.4) is 0 Å². The Morgan fingerprint density at radius 1 is 1.19 bits per heavy atom. The molecule has 1 atom stereocenters. The molecule has 1 heterocycles. The van der Waals surface area contributed by atoms with Gasteiger partial charge in [0.2, 0.25) is 0 Å². The summed E-state index contributed by atoms with van der Waals surface area (Å²) in [6.07, 6.45) is 3.83. The van der Waals surface area contributed by atoms with Crippen LogP contribution < -0.4 is 5.32 Å². The quantitative estimate of drug-likeness (QED) is 0.865. The third-order valence-corrected chi connectivity index (χ3v) is 4.55. The fourth-order valence-electron chi connectivity index (χ4n) is 3.08. The van der Waals surface area contributed by atoms with Crippen LogP contribution >= 0.6 is 0 Å². The number of hydrogen-bond acceptors (Lipinski definition) is 3. The molecule has 1 N–H and O–H groups in total. The molecule has 1 saturated heterocycles. The van der Waals surface area contributed by atoms with Gasteiger partial charge < -0.3 is 10.2 Å². The van der Waals surface area contributed by atoms with E-state index in [1.165, 1.54) is 43.6 Å². The maximum Gasteiger partial charge on any atom is 0.0345 e. The van der Waals surface area contributed by atoms with Crippen molar-refractivity contribution in [1.29, 1.82) is 0 Å². The predicted molar refractivity (Wildman–Crippen MR) is 91.8 cm³/mol. The minimum atomic E-state index is 0.624. The van der Waals surface area contributed by atoms with E-state index in [-0.39, 0.29) is 0 Å². The first-order valence-corrected chi connectivity index (χ1v) is 8.47. The van der Waals surface area contributed by atoms with Gasteiger partial charge in [0.25, 0.3) is 0 Å². The summed E-state index contributed by atoms with van der Waals surface area (Å²) in [4.78, 5) is 4.90. The number of anilines is 1. The second-order valence-corrected chi connectivity index (χ2v) is 6.24. The topological polar surface area (TPSA) is 18.5 Å². The van der Waals surface area contributed by atoms with Crippen molar-refractivity contribution in [3.63, 3.8) is 0 Å². The summed E-state index contributed by atoms with van der Waals surface area (Å²) in [6.45, 7) is 10.2. The number of benzene rings is 1. The fraction of sp³-hybridized carbons (Fsp3) is 0.667. The third-order valence-electron chi connectivity index (χ3n) is 4.55. The largest absolute Gasteiger partial charge is 0.382 e. The van der Waals surface area contributed by atoms with E-state index in [1.807, 2.05) is 0 Å². The lowest BCUT2D eigenvalue weighted by atomic mass is 10.1. The average molecular weight is 289 g/mol. The zero-order valence-electron chi connectivity index (χ0n) is 13.9. The number of hydrogen-bond donors (Lipinski definition) is 1. The molecule has 0 aliphatic carbocycles. The minimum absolute atomic E-state index is 0.624. The van der Waals surface area contributed by atoms with Gasteiger partial charge in [-0.3, -0.25) is 4.90 Å². The molecule has 118 valence electrons. The first-order chi connectivity index (χ1) is 10.2. The molecule has 3 heteroatoms. The van der Waals surface area contributed by atoms with E-state index in [9.17, 15) is 0 Å². The summed E-state index contributed by atoms with van der Waals surface area (Å²) in [5.74, 6) is 0. The SMILES string of the molecule is CCN(CC)Cc1cccc(NC2CCCN(C)CC2)c1. The summed E-state index contributed by atoms with van der Waals surface area (Å²) >= 11 is 0. The summed E-state index contributed by atoms with van der Waals surface area (Å²) in [6, 6.07) is 9.58. The fourth-order valence-corrected chi connectivity index (χ4v) is 3.08. The molecule has 0 spiro atoms. The average Bonchev–Trinajstić information content (AvgIpc) is 2.70. The molecule has 0 saturated carbocycles. The lowest BCUT2D eigenvalue weighted by Gasteiger charge is -2.21. The minimum Gasteiger partial charge on any atom is -0.382 e. The first kappa shape index (κ1) is 16.3. The van der Waals surface area contributed by atoms with E-state index in [4.69, 9.17) is 0 Å². The Balaban J connectivity index is 1.94. The van der Waals surface area contributed by atoms with Gasteiger partial charge in [0.15, 0.2) is 0 Å². The van der Waals surface area contributed by atoms with Gasteiger partial charge in [-0.2, -0.15) is 0 Å². The normalized spacial score (nSPS) is 20.5. The monoisotopic (exact) mass is 289 g/mol. The Labute approximate surface area is 130 Å². The Hall–Kier alpha value is -1.06. The molecular formula is C18H31N3. The zero-order valence-corrected chi connectivity index (χ0v) is 13.9. The molecular weight excluding hydrogens is 258 g/mol. The maximum absolute atomic E-state index is 3.75. The third kappa shape index (κ3) is 5.33. The number of rotatable bonds is 6. The molecule has 3 nitrogen and oxygen atoms in total. The van der Waals surface area contributed by atoms with Crippen molar-refractivity contribution < 1.29 is 0 Å². The van der Waals surface area contributed by atoms with E-state index >= 15 is 0 Å². The van der Waals surface area contributed by atoms with Gasteiger partial charge in [0, 0.05) is 18.3 Å². The van der Waals surface area contributed by atoms with Crippen molar-refractivity contribution in [2.45, 2.75) is 45.7 Å². The number of nitrogens with one attached hydrogen (secondary N) is 1. The van der Waals surface area contributed by atoms with Crippen molar-refractivity contribution in [3.8, 4) is 0 Å². The standard InChI is InChI=1S/C18H31N3/c1-4-21(5-2)15-16-8-6-9-18(14-16)19-17-10-7-12-20(3)13-11-17/h6,8-9,14,17,19H,4-5,7,10-13,15H2,1-3H3. The van der Waals surface area contributed by atoms with Crippen LogP contribution in [-0.2, 0) is 6.54 Å². The molecule has 1 fully saturated rings. The molecule has 0 aromatic heterocycles. The van der Waals surface area contributed by atoms with E-state index in [0.29, 0.717) is 6.04 Å². The van der Waals surface area contributed by atoms with Crippen molar-refractivity contribution in [2.75, 3.05) is 38.5 Å². The molecule has 1 unspecified atom stereocenters. The molecule has 2 rings (SSSR count). The highest BCUT2D eigenvalue weighted by atomic mass is 15.1. The van der Waals surface area contributed by atoms with Crippen LogP contribution in [0.1, 0.15) is 38.7 Å². The van der Waals surface area contributed by atoms with Crippen LogP contribution in [0.4, 0.5) is 5.69 Å². The van der Waals surface area contributed by atoms with E-state index in [1.54, 1.807) is 0 Å². The lowest BCUT2D eigenvalue weighted by molar-refractivity contribution is 0.296. The maximum atomic E-state index is 3.75.